The molecule has 2 rings (SSSR count). The van der Waals surface area contributed by atoms with Crippen molar-refractivity contribution in [1.29, 1.82) is 0 Å². The summed E-state index contributed by atoms with van der Waals surface area (Å²) in [5, 5.41) is 3.13. The maximum absolute atomic E-state index is 14.2. The molecule has 5 nitrogen and oxygen atoms in total. The predicted octanol–water partition coefficient (Wildman–Crippen LogP) is 0.899. The van der Waals surface area contributed by atoms with Crippen molar-refractivity contribution >= 4 is 9.84 Å². The molecule has 1 fully saturated rings. The van der Waals surface area contributed by atoms with Gasteiger partial charge in [0, 0.05) is 24.9 Å². The number of methoxy groups -OCH3 is 1. The summed E-state index contributed by atoms with van der Waals surface area (Å²) in [6.07, 6.45) is 0.621. The van der Waals surface area contributed by atoms with Gasteiger partial charge in [0.2, 0.25) is 0 Å². The van der Waals surface area contributed by atoms with Crippen LogP contribution >= 0.6 is 0 Å². The Labute approximate surface area is 111 Å². The van der Waals surface area contributed by atoms with Gasteiger partial charge in [-0.15, -0.1) is 0 Å². The molecule has 1 heterocycles. The van der Waals surface area contributed by atoms with E-state index in [4.69, 9.17) is 9.47 Å². The normalized spacial score (nSPS) is 20.3. The summed E-state index contributed by atoms with van der Waals surface area (Å²) in [5.41, 5.74) is 0.514. The highest BCUT2D eigenvalue weighted by Crippen LogP contribution is 2.34. The van der Waals surface area contributed by atoms with Crippen molar-refractivity contribution in [2.24, 2.45) is 0 Å². The molecule has 1 aromatic carbocycles. The zero-order chi connectivity index (χ0) is 14.0. The standard InChI is InChI=1S/C12H16FNO4S/c1-17-12-8(9-7-14-5-6-18-9)3-4-10(11(12)13)19(2,15)16/h3-4,9,14H,5-7H2,1-2H3. The number of morpholine rings is 1. The maximum atomic E-state index is 14.2. The topological polar surface area (TPSA) is 64.6 Å². The van der Waals surface area contributed by atoms with Crippen LogP contribution in [0.2, 0.25) is 0 Å². The lowest BCUT2D eigenvalue weighted by atomic mass is 10.1. The van der Waals surface area contributed by atoms with E-state index in [1.807, 2.05) is 0 Å². The fourth-order valence-electron chi connectivity index (χ4n) is 2.07. The zero-order valence-corrected chi connectivity index (χ0v) is 11.6. The van der Waals surface area contributed by atoms with Gasteiger partial charge in [0.1, 0.15) is 4.90 Å². The summed E-state index contributed by atoms with van der Waals surface area (Å²) >= 11 is 0. The van der Waals surface area contributed by atoms with Crippen LogP contribution in [-0.2, 0) is 14.6 Å². The zero-order valence-electron chi connectivity index (χ0n) is 10.8. The van der Waals surface area contributed by atoms with Crippen LogP contribution in [0.3, 0.4) is 0 Å². The molecule has 1 aliphatic rings. The molecule has 1 N–H and O–H groups in total. The molecule has 0 amide bonds. The molecule has 0 saturated carbocycles. The van der Waals surface area contributed by atoms with E-state index in [-0.39, 0.29) is 16.7 Å². The number of hydrogen-bond donors (Lipinski definition) is 1. The van der Waals surface area contributed by atoms with Crippen LogP contribution in [0.4, 0.5) is 4.39 Å². The van der Waals surface area contributed by atoms with Gasteiger partial charge < -0.3 is 14.8 Å². The number of benzene rings is 1. The lowest BCUT2D eigenvalue weighted by molar-refractivity contribution is 0.0259. The van der Waals surface area contributed by atoms with Crippen LogP contribution in [0.25, 0.3) is 0 Å². The summed E-state index contributed by atoms with van der Waals surface area (Å²) in [6.45, 7) is 1.79. The Morgan fingerprint density at radius 3 is 2.74 bits per heavy atom. The minimum absolute atomic E-state index is 0.0726. The molecule has 1 atom stereocenters. The van der Waals surface area contributed by atoms with E-state index in [0.717, 1.165) is 12.8 Å². The minimum Gasteiger partial charge on any atom is -0.493 e. The predicted molar refractivity (Wildman–Crippen MR) is 67.6 cm³/mol. The fraction of sp³-hybridized carbons (Fsp3) is 0.500. The van der Waals surface area contributed by atoms with Crippen LogP contribution in [0.15, 0.2) is 17.0 Å². The first-order valence-electron chi connectivity index (χ1n) is 5.84. The van der Waals surface area contributed by atoms with Crippen LogP contribution in [-0.4, -0.2) is 41.5 Å². The third kappa shape index (κ3) is 2.88. The van der Waals surface area contributed by atoms with Crippen molar-refractivity contribution in [3.8, 4) is 5.75 Å². The number of halogens is 1. The summed E-state index contributed by atoms with van der Waals surface area (Å²) in [5.74, 6) is -0.937. The van der Waals surface area contributed by atoms with Gasteiger partial charge in [0.15, 0.2) is 21.4 Å². The van der Waals surface area contributed by atoms with Crippen molar-refractivity contribution in [1.82, 2.24) is 5.32 Å². The molecule has 1 aromatic rings. The molecular weight excluding hydrogens is 273 g/mol. The van der Waals surface area contributed by atoms with Gasteiger partial charge >= 0.3 is 0 Å². The quantitative estimate of drug-likeness (QED) is 0.895. The molecule has 106 valence electrons. The molecule has 0 aromatic heterocycles. The summed E-state index contributed by atoms with van der Waals surface area (Å²) in [7, 11) is -2.32. The Balaban J connectivity index is 2.49. The van der Waals surface area contributed by atoms with Crippen LogP contribution in [0.5, 0.6) is 5.75 Å². The first-order valence-corrected chi connectivity index (χ1v) is 7.73. The van der Waals surface area contributed by atoms with E-state index in [9.17, 15) is 12.8 Å². The molecule has 0 aliphatic carbocycles. The van der Waals surface area contributed by atoms with E-state index in [2.05, 4.69) is 5.32 Å². The Morgan fingerprint density at radius 1 is 1.47 bits per heavy atom. The van der Waals surface area contributed by atoms with Crippen LogP contribution in [0, 0.1) is 5.82 Å². The Morgan fingerprint density at radius 2 is 2.21 bits per heavy atom. The number of rotatable bonds is 3. The molecule has 7 heteroatoms. The van der Waals surface area contributed by atoms with Gasteiger partial charge in [-0.3, -0.25) is 0 Å². The average molecular weight is 289 g/mol. The molecule has 1 unspecified atom stereocenters. The average Bonchev–Trinajstić information content (AvgIpc) is 2.37. The van der Waals surface area contributed by atoms with Crippen molar-refractivity contribution in [3.63, 3.8) is 0 Å². The van der Waals surface area contributed by atoms with Crippen LogP contribution < -0.4 is 10.1 Å². The number of nitrogens with one attached hydrogen (secondary N) is 1. The lowest BCUT2D eigenvalue weighted by Crippen LogP contribution is -2.33. The van der Waals surface area contributed by atoms with Gasteiger partial charge in [0.05, 0.1) is 19.8 Å². The second-order valence-electron chi connectivity index (χ2n) is 4.34. The maximum Gasteiger partial charge on any atom is 0.184 e. The first-order chi connectivity index (χ1) is 8.95. The molecule has 0 spiro atoms. The lowest BCUT2D eigenvalue weighted by Gasteiger charge is -2.25. The van der Waals surface area contributed by atoms with Crippen molar-refractivity contribution in [2.75, 3.05) is 33.1 Å². The van der Waals surface area contributed by atoms with Gasteiger partial charge in [-0.1, -0.05) is 6.07 Å². The molecule has 0 bridgehead atoms. The van der Waals surface area contributed by atoms with E-state index in [1.54, 1.807) is 0 Å². The Bertz CT molecular complexity index is 567. The monoisotopic (exact) mass is 289 g/mol. The summed E-state index contributed by atoms with van der Waals surface area (Å²) < 4.78 is 47.7. The highest BCUT2D eigenvalue weighted by atomic mass is 32.2. The van der Waals surface area contributed by atoms with Gasteiger partial charge in [-0.2, -0.15) is 0 Å². The van der Waals surface area contributed by atoms with Crippen molar-refractivity contribution < 1.29 is 22.3 Å². The number of sulfone groups is 1. The van der Waals surface area contributed by atoms with Gasteiger partial charge in [-0.05, 0) is 6.07 Å². The highest BCUT2D eigenvalue weighted by molar-refractivity contribution is 7.90. The SMILES string of the molecule is COc1c(C2CNCCO2)ccc(S(C)(=O)=O)c1F. The fourth-order valence-corrected chi connectivity index (χ4v) is 2.80. The third-order valence-corrected chi connectivity index (χ3v) is 4.08. The Hall–Kier alpha value is -1.18. The minimum atomic E-state index is -3.63. The van der Waals surface area contributed by atoms with Crippen LogP contribution in [0.1, 0.15) is 11.7 Å². The molecule has 19 heavy (non-hydrogen) atoms. The summed E-state index contributed by atoms with van der Waals surface area (Å²) in [6, 6.07) is 2.79. The molecule has 1 aliphatic heterocycles. The smallest absolute Gasteiger partial charge is 0.184 e. The Kier molecular flexibility index (Phi) is 4.07. The number of hydrogen-bond acceptors (Lipinski definition) is 5. The third-order valence-electron chi connectivity index (χ3n) is 2.97. The number of ether oxygens (including phenoxy) is 2. The van der Waals surface area contributed by atoms with Gasteiger partial charge in [-0.25, -0.2) is 12.8 Å². The largest absolute Gasteiger partial charge is 0.493 e. The van der Waals surface area contributed by atoms with Crippen molar-refractivity contribution in [3.05, 3.63) is 23.5 Å². The van der Waals surface area contributed by atoms with E-state index < -0.39 is 15.7 Å². The van der Waals surface area contributed by atoms with E-state index >= 15 is 0 Å². The molecule has 0 radical (unpaired) electrons. The first kappa shape index (κ1) is 14.2. The summed E-state index contributed by atoms with van der Waals surface area (Å²) in [4.78, 5) is -0.364. The molecular formula is C12H16FNO4S. The molecule has 1 saturated heterocycles. The second-order valence-corrected chi connectivity index (χ2v) is 6.32. The van der Waals surface area contributed by atoms with E-state index in [0.29, 0.717) is 18.7 Å². The second kappa shape index (κ2) is 5.44. The van der Waals surface area contributed by atoms with E-state index in [1.165, 1.54) is 19.2 Å². The van der Waals surface area contributed by atoms with Gasteiger partial charge in [0.25, 0.3) is 0 Å². The van der Waals surface area contributed by atoms with Crippen molar-refractivity contribution in [2.45, 2.75) is 11.0 Å². The highest BCUT2D eigenvalue weighted by Gasteiger charge is 2.26.